The Balaban J connectivity index is 2.59. The largest absolute Gasteiger partial charge is 0.370 e. The van der Waals surface area contributed by atoms with Gasteiger partial charge >= 0.3 is 0 Å². The number of anilines is 2. The maximum absolute atomic E-state index is 5.50. The maximum Gasteiger partial charge on any atom is 0.148 e. The third-order valence-electron chi connectivity index (χ3n) is 3.51. The van der Waals surface area contributed by atoms with Crippen molar-refractivity contribution in [2.24, 2.45) is 5.84 Å². The Morgan fingerprint density at radius 2 is 1.90 bits per heavy atom. The van der Waals surface area contributed by atoms with Crippen molar-refractivity contribution >= 4 is 11.6 Å². The zero-order valence-corrected chi connectivity index (χ0v) is 13.3. The highest BCUT2D eigenvalue weighted by Crippen LogP contribution is 2.19. The Morgan fingerprint density at radius 1 is 1.25 bits per heavy atom. The average Bonchev–Trinajstić information content (AvgIpc) is 2.44. The minimum atomic E-state index is 0.579. The van der Waals surface area contributed by atoms with Gasteiger partial charge in [0.25, 0.3) is 0 Å². The van der Waals surface area contributed by atoms with Crippen molar-refractivity contribution in [3.63, 3.8) is 0 Å². The molecular weight excluding hydrogens is 252 g/mol. The van der Waals surface area contributed by atoms with E-state index in [0.29, 0.717) is 11.9 Å². The number of hydrazine groups is 1. The minimum absolute atomic E-state index is 0.579. The van der Waals surface area contributed by atoms with Crippen molar-refractivity contribution in [1.82, 2.24) is 14.9 Å². The quantitative estimate of drug-likeness (QED) is 0.383. The Morgan fingerprint density at radius 3 is 2.45 bits per heavy atom. The lowest BCUT2D eigenvalue weighted by molar-refractivity contribution is 0.273. The molecule has 20 heavy (non-hydrogen) atoms. The highest BCUT2D eigenvalue weighted by atomic mass is 15.3. The van der Waals surface area contributed by atoms with Crippen LogP contribution in [0.1, 0.15) is 38.6 Å². The van der Waals surface area contributed by atoms with E-state index < -0.39 is 0 Å². The van der Waals surface area contributed by atoms with Gasteiger partial charge in [0.1, 0.15) is 17.5 Å². The van der Waals surface area contributed by atoms with Crippen LogP contribution >= 0.6 is 0 Å². The number of hydrogen-bond acceptors (Lipinski definition) is 6. The van der Waals surface area contributed by atoms with Crippen LogP contribution in [0, 0.1) is 6.92 Å². The summed E-state index contributed by atoms with van der Waals surface area (Å²) in [5.41, 5.74) is 3.59. The lowest BCUT2D eigenvalue weighted by Crippen LogP contribution is -2.28. The van der Waals surface area contributed by atoms with Gasteiger partial charge in [-0.2, -0.15) is 0 Å². The predicted octanol–water partition coefficient (Wildman–Crippen LogP) is 1.78. The molecule has 0 amide bonds. The summed E-state index contributed by atoms with van der Waals surface area (Å²) in [6.07, 6.45) is 1.87. The van der Waals surface area contributed by atoms with E-state index in [0.717, 1.165) is 43.1 Å². The van der Waals surface area contributed by atoms with Crippen LogP contribution in [-0.2, 0) is 6.42 Å². The molecule has 6 nitrogen and oxygen atoms in total. The number of nitrogens with two attached hydrogens (primary N) is 1. The molecule has 0 atom stereocenters. The van der Waals surface area contributed by atoms with Gasteiger partial charge in [-0.05, 0) is 40.8 Å². The van der Waals surface area contributed by atoms with E-state index in [2.05, 4.69) is 46.5 Å². The molecule has 0 aliphatic carbocycles. The first-order valence-corrected chi connectivity index (χ1v) is 7.27. The average molecular weight is 280 g/mol. The summed E-state index contributed by atoms with van der Waals surface area (Å²) in [4.78, 5) is 11.2. The van der Waals surface area contributed by atoms with Crippen molar-refractivity contribution in [3.8, 4) is 0 Å². The molecule has 1 rings (SSSR count). The lowest BCUT2D eigenvalue weighted by Gasteiger charge is -2.21. The molecule has 0 unspecified atom stereocenters. The van der Waals surface area contributed by atoms with Gasteiger partial charge in [0, 0.05) is 24.6 Å². The predicted molar refractivity (Wildman–Crippen MR) is 84.8 cm³/mol. The summed E-state index contributed by atoms with van der Waals surface area (Å²) in [5, 5.41) is 3.38. The number of nitrogen functional groups attached to an aromatic ring is 1. The maximum atomic E-state index is 5.50. The topological polar surface area (TPSA) is 79.1 Å². The highest BCUT2D eigenvalue weighted by molar-refractivity contribution is 5.56. The zero-order chi connectivity index (χ0) is 15.1. The summed E-state index contributed by atoms with van der Waals surface area (Å²) >= 11 is 0. The number of rotatable bonds is 8. The van der Waals surface area contributed by atoms with Crippen LogP contribution in [0.5, 0.6) is 0 Å². The number of aryl methyl sites for hydroxylation is 1. The molecular formula is C14H28N6. The van der Waals surface area contributed by atoms with E-state index in [1.807, 2.05) is 13.8 Å². The minimum Gasteiger partial charge on any atom is -0.370 e. The van der Waals surface area contributed by atoms with E-state index in [4.69, 9.17) is 5.84 Å². The van der Waals surface area contributed by atoms with Gasteiger partial charge in [-0.15, -0.1) is 0 Å². The van der Waals surface area contributed by atoms with Gasteiger partial charge < -0.3 is 15.6 Å². The first kappa shape index (κ1) is 16.7. The normalized spacial score (nSPS) is 11.2. The third-order valence-corrected chi connectivity index (χ3v) is 3.51. The van der Waals surface area contributed by atoms with E-state index in [1.165, 1.54) is 0 Å². The molecule has 6 heteroatoms. The molecule has 4 N–H and O–H groups in total. The Labute approximate surface area is 122 Å². The summed E-state index contributed by atoms with van der Waals surface area (Å²) in [6.45, 7) is 10.4. The Kier molecular flexibility index (Phi) is 6.67. The smallest absolute Gasteiger partial charge is 0.148 e. The standard InChI is InChI=1S/C14H28N6/c1-6-12-17-13(11(4)14(18-12)19-15)16-8-7-9-20(5)10(2)3/h10H,6-9,15H2,1-5H3,(H2,16,17,18,19). The molecule has 1 heterocycles. The summed E-state index contributed by atoms with van der Waals surface area (Å²) in [7, 11) is 2.15. The van der Waals surface area contributed by atoms with Crippen molar-refractivity contribution in [3.05, 3.63) is 11.4 Å². The highest BCUT2D eigenvalue weighted by Gasteiger charge is 2.09. The van der Waals surface area contributed by atoms with E-state index >= 15 is 0 Å². The van der Waals surface area contributed by atoms with E-state index in [-0.39, 0.29) is 0 Å². The molecule has 0 radical (unpaired) electrons. The van der Waals surface area contributed by atoms with Crippen LogP contribution in [0.2, 0.25) is 0 Å². The second-order valence-electron chi connectivity index (χ2n) is 5.31. The van der Waals surface area contributed by atoms with Crippen LogP contribution < -0.4 is 16.6 Å². The second kappa shape index (κ2) is 8.01. The first-order valence-electron chi connectivity index (χ1n) is 7.27. The van der Waals surface area contributed by atoms with E-state index in [1.54, 1.807) is 0 Å². The molecule has 1 aromatic heterocycles. The zero-order valence-electron chi connectivity index (χ0n) is 13.3. The van der Waals surface area contributed by atoms with Gasteiger partial charge in [0.15, 0.2) is 0 Å². The lowest BCUT2D eigenvalue weighted by atomic mass is 10.2. The summed E-state index contributed by atoms with van der Waals surface area (Å²) in [6, 6.07) is 0.579. The van der Waals surface area contributed by atoms with Gasteiger partial charge in [0.2, 0.25) is 0 Å². The number of aromatic nitrogens is 2. The molecule has 0 fully saturated rings. The van der Waals surface area contributed by atoms with Gasteiger partial charge in [0.05, 0.1) is 0 Å². The molecule has 0 bridgehead atoms. The van der Waals surface area contributed by atoms with Crippen LogP contribution in [0.3, 0.4) is 0 Å². The second-order valence-corrected chi connectivity index (χ2v) is 5.31. The van der Waals surface area contributed by atoms with Gasteiger partial charge in [-0.3, -0.25) is 0 Å². The molecule has 0 saturated carbocycles. The van der Waals surface area contributed by atoms with Crippen LogP contribution in [0.4, 0.5) is 11.6 Å². The van der Waals surface area contributed by atoms with Crippen molar-refractivity contribution in [2.45, 2.75) is 46.6 Å². The van der Waals surface area contributed by atoms with Crippen LogP contribution in [-0.4, -0.2) is 41.0 Å². The number of nitrogens with one attached hydrogen (secondary N) is 2. The molecule has 0 aliphatic heterocycles. The van der Waals surface area contributed by atoms with Crippen molar-refractivity contribution < 1.29 is 0 Å². The Bertz CT molecular complexity index is 418. The van der Waals surface area contributed by atoms with Gasteiger partial charge in [-0.25, -0.2) is 15.8 Å². The number of nitrogens with zero attached hydrogens (tertiary/aromatic N) is 3. The fourth-order valence-corrected chi connectivity index (χ4v) is 1.83. The fourth-order valence-electron chi connectivity index (χ4n) is 1.83. The van der Waals surface area contributed by atoms with Crippen LogP contribution in [0.15, 0.2) is 0 Å². The molecule has 114 valence electrons. The van der Waals surface area contributed by atoms with Crippen molar-refractivity contribution in [1.29, 1.82) is 0 Å². The Hall–Kier alpha value is -1.40. The summed E-state index contributed by atoms with van der Waals surface area (Å²) in [5.74, 6) is 7.86. The van der Waals surface area contributed by atoms with Crippen molar-refractivity contribution in [2.75, 3.05) is 30.9 Å². The third kappa shape index (κ3) is 4.61. The SMILES string of the molecule is CCc1nc(NN)c(C)c(NCCCN(C)C(C)C)n1. The molecule has 0 saturated heterocycles. The first-order chi connectivity index (χ1) is 9.49. The fraction of sp³-hybridized carbons (Fsp3) is 0.714. The monoisotopic (exact) mass is 280 g/mol. The van der Waals surface area contributed by atoms with E-state index in [9.17, 15) is 0 Å². The molecule has 0 spiro atoms. The number of hydrogen-bond donors (Lipinski definition) is 3. The van der Waals surface area contributed by atoms with Crippen LogP contribution in [0.25, 0.3) is 0 Å². The molecule has 0 aromatic carbocycles. The van der Waals surface area contributed by atoms with Gasteiger partial charge in [-0.1, -0.05) is 6.92 Å². The molecule has 0 aliphatic rings. The summed E-state index contributed by atoms with van der Waals surface area (Å²) < 4.78 is 0. The molecule has 1 aromatic rings.